The van der Waals surface area contributed by atoms with Crippen molar-refractivity contribution in [3.8, 4) is 11.5 Å². The molecule has 0 atom stereocenters. The van der Waals surface area contributed by atoms with Gasteiger partial charge in [0.2, 0.25) is 0 Å². The first-order valence-corrected chi connectivity index (χ1v) is 6.76. The molecule has 2 N–H and O–H groups in total. The number of nitrogens with two attached hydrogens (primary N) is 1. The van der Waals surface area contributed by atoms with Crippen molar-refractivity contribution in [2.45, 2.75) is 20.1 Å². The summed E-state index contributed by atoms with van der Waals surface area (Å²) in [5, 5.41) is 0.588. The summed E-state index contributed by atoms with van der Waals surface area (Å²) in [5.74, 6) is 1.26. The molecule has 3 nitrogen and oxygen atoms in total. The first kappa shape index (κ1) is 14.7. The summed E-state index contributed by atoms with van der Waals surface area (Å²) in [5.41, 5.74) is 8.88. The molecule has 4 heteroatoms. The monoisotopic (exact) mass is 291 g/mol. The summed E-state index contributed by atoms with van der Waals surface area (Å²) in [6.45, 7) is 2.87. The van der Waals surface area contributed by atoms with Gasteiger partial charge >= 0.3 is 0 Å². The number of benzene rings is 2. The second-order valence-electron chi connectivity index (χ2n) is 4.58. The van der Waals surface area contributed by atoms with Crippen LogP contribution in [0.4, 0.5) is 0 Å². The maximum Gasteiger partial charge on any atom is 0.166 e. The number of halogens is 1. The quantitative estimate of drug-likeness (QED) is 0.913. The van der Waals surface area contributed by atoms with E-state index in [4.69, 9.17) is 26.8 Å². The van der Waals surface area contributed by atoms with Gasteiger partial charge in [0.1, 0.15) is 6.61 Å². The molecule has 0 bridgehead atoms. The van der Waals surface area contributed by atoms with Crippen molar-refractivity contribution in [3.05, 3.63) is 58.1 Å². The number of aryl methyl sites for hydroxylation is 1. The summed E-state index contributed by atoms with van der Waals surface area (Å²) in [6, 6.07) is 11.7. The second-order valence-corrected chi connectivity index (χ2v) is 5.01. The van der Waals surface area contributed by atoms with E-state index in [9.17, 15) is 0 Å². The van der Waals surface area contributed by atoms with Crippen molar-refractivity contribution in [3.63, 3.8) is 0 Å². The normalized spacial score (nSPS) is 10.4. The van der Waals surface area contributed by atoms with E-state index in [2.05, 4.69) is 19.1 Å². The number of ether oxygens (including phenoxy) is 2. The van der Waals surface area contributed by atoms with Crippen LogP contribution in [0, 0.1) is 6.92 Å². The van der Waals surface area contributed by atoms with Gasteiger partial charge in [-0.1, -0.05) is 41.4 Å². The third kappa shape index (κ3) is 3.44. The number of hydrogen-bond donors (Lipinski definition) is 1. The first-order valence-electron chi connectivity index (χ1n) is 6.39. The molecule has 0 unspecified atom stereocenters. The van der Waals surface area contributed by atoms with Gasteiger partial charge in [0.05, 0.1) is 7.11 Å². The molecule has 0 heterocycles. The molecule has 0 amide bonds. The van der Waals surface area contributed by atoms with Crippen LogP contribution in [0.25, 0.3) is 0 Å². The molecule has 0 radical (unpaired) electrons. The van der Waals surface area contributed by atoms with Crippen LogP contribution in [0.15, 0.2) is 36.4 Å². The minimum absolute atomic E-state index is 0.347. The Labute approximate surface area is 124 Å². The molecule has 2 rings (SSSR count). The lowest BCUT2D eigenvalue weighted by atomic mass is 10.1. The van der Waals surface area contributed by atoms with Gasteiger partial charge in [0.15, 0.2) is 11.5 Å². The minimum atomic E-state index is 0.347. The predicted octanol–water partition coefficient (Wildman–Crippen LogP) is 3.69. The van der Waals surface area contributed by atoms with Crippen LogP contribution < -0.4 is 15.2 Å². The molecule has 0 saturated heterocycles. The SMILES string of the molecule is COc1cc(Cl)cc(CN)c1OCc1cccc(C)c1. The lowest BCUT2D eigenvalue weighted by Gasteiger charge is -2.15. The van der Waals surface area contributed by atoms with Gasteiger partial charge in [-0.2, -0.15) is 0 Å². The van der Waals surface area contributed by atoms with Crippen LogP contribution in [0.2, 0.25) is 5.02 Å². The van der Waals surface area contributed by atoms with E-state index in [1.54, 1.807) is 19.2 Å². The Morgan fingerprint density at radius 3 is 2.65 bits per heavy atom. The predicted molar refractivity (Wildman–Crippen MR) is 81.4 cm³/mol. The van der Waals surface area contributed by atoms with E-state index < -0.39 is 0 Å². The van der Waals surface area contributed by atoms with Crippen molar-refractivity contribution in [2.75, 3.05) is 7.11 Å². The summed E-state index contributed by atoms with van der Waals surface area (Å²) in [4.78, 5) is 0. The van der Waals surface area contributed by atoms with E-state index in [1.165, 1.54) is 5.56 Å². The maximum absolute atomic E-state index is 6.03. The fourth-order valence-electron chi connectivity index (χ4n) is 2.05. The molecule has 20 heavy (non-hydrogen) atoms. The van der Waals surface area contributed by atoms with E-state index >= 15 is 0 Å². The topological polar surface area (TPSA) is 44.5 Å². The Morgan fingerprint density at radius 1 is 1.20 bits per heavy atom. The number of methoxy groups -OCH3 is 1. The van der Waals surface area contributed by atoms with Crippen LogP contribution in [0.3, 0.4) is 0 Å². The van der Waals surface area contributed by atoms with Crippen LogP contribution in [-0.2, 0) is 13.2 Å². The van der Waals surface area contributed by atoms with E-state index in [1.807, 2.05) is 12.1 Å². The van der Waals surface area contributed by atoms with Crippen molar-refractivity contribution >= 4 is 11.6 Å². The smallest absolute Gasteiger partial charge is 0.166 e. The molecule has 0 aliphatic rings. The molecular formula is C16H18ClNO2. The van der Waals surface area contributed by atoms with Crippen LogP contribution >= 0.6 is 11.6 Å². The Hall–Kier alpha value is -1.71. The molecule has 2 aromatic rings. The van der Waals surface area contributed by atoms with Crippen molar-refractivity contribution in [1.29, 1.82) is 0 Å². The molecule has 106 valence electrons. The Balaban J connectivity index is 2.24. The number of rotatable bonds is 5. The highest BCUT2D eigenvalue weighted by Gasteiger charge is 2.12. The minimum Gasteiger partial charge on any atom is -0.493 e. The largest absolute Gasteiger partial charge is 0.493 e. The molecule has 2 aromatic carbocycles. The van der Waals surface area contributed by atoms with Gasteiger partial charge in [-0.25, -0.2) is 0 Å². The van der Waals surface area contributed by atoms with E-state index in [-0.39, 0.29) is 0 Å². The van der Waals surface area contributed by atoms with Gasteiger partial charge in [0, 0.05) is 23.2 Å². The fourth-order valence-corrected chi connectivity index (χ4v) is 2.28. The van der Waals surface area contributed by atoms with Crippen LogP contribution in [0.5, 0.6) is 11.5 Å². The third-order valence-electron chi connectivity index (χ3n) is 3.00. The molecular weight excluding hydrogens is 274 g/mol. The van der Waals surface area contributed by atoms with Crippen molar-refractivity contribution in [2.24, 2.45) is 5.73 Å². The average molecular weight is 292 g/mol. The van der Waals surface area contributed by atoms with Gasteiger partial charge in [-0.15, -0.1) is 0 Å². The highest BCUT2D eigenvalue weighted by molar-refractivity contribution is 6.30. The standard InChI is InChI=1S/C16H18ClNO2/c1-11-4-3-5-12(6-11)10-20-16-13(9-18)7-14(17)8-15(16)19-2/h3-8H,9-10,18H2,1-2H3. The lowest BCUT2D eigenvalue weighted by molar-refractivity contribution is 0.281. The highest BCUT2D eigenvalue weighted by atomic mass is 35.5. The van der Waals surface area contributed by atoms with Crippen LogP contribution in [-0.4, -0.2) is 7.11 Å². The van der Waals surface area contributed by atoms with Crippen LogP contribution in [0.1, 0.15) is 16.7 Å². The van der Waals surface area contributed by atoms with E-state index in [0.29, 0.717) is 29.7 Å². The summed E-state index contributed by atoms with van der Waals surface area (Å²) in [6.07, 6.45) is 0. The van der Waals surface area contributed by atoms with Gasteiger partial charge in [-0.3, -0.25) is 0 Å². The van der Waals surface area contributed by atoms with Gasteiger partial charge in [-0.05, 0) is 18.6 Å². The molecule has 0 fully saturated rings. The summed E-state index contributed by atoms with van der Waals surface area (Å²) < 4.78 is 11.2. The zero-order chi connectivity index (χ0) is 14.5. The Kier molecular flexibility index (Phi) is 4.88. The first-order chi connectivity index (χ1) is 9.63. The fraction of sp³-hybridized carbons (Fsp3) is 0.250. The summed E-state index contributed by atoms with van der Waals surface area (Å²) >= 11 is 6.03. The van der Waals surface area contributed by atoms with Crippen molar-refractivity contribution in [1.82, 2.24) is 0 Å². The number of hydrogen-bond acceptors (Lipinski definition) is 3. The zero-order valence-electron chi connectivity index (χ0n) is 11.7. The summed E-state index contributed by atoms with van der Waals surface area (Å²) in [7, 11) is 1.59. The highest BCUT2D eigenvalue weighted by Crippen LogP contribution is 2.35. The molecule has 0 spiro atoms. The zero-order valence-corrected chi connectivity index (χ0v) is 12.4. The van der Waals surface area contributed by atoms with Gasteiger partial charge < -0.3 is 15.2 Å². The molecule has 0 aliphatic heterocycles. The average Bonchev–Trinajstić information content (AvgIpc) is 2.45. The molecule has 0 aromatic heterocycles. The van der Waals surface area contributed by atoms with Crippen molar-refractivity contribution < 1.29 is 9.47 Å². The van der Waals surface area contributed by atoms with E-state index in [0.717, 1.165) is 11.1 Å². The Bertz CT molecular complexity index is 574. The molecule has 0 aliphatic carbocycles. The maximum atomic E-state index is 6.03. The third-order valence-corrected chi connectivity index (χ3v) is 3.22. The van der Waals surface area contributed by atoms with Gasteiger partial charge in [0.25, 0.3) is 0 Å². The lowest BCUT2D eigenvalue weighted by Crippen LogP contribution is -2.05. The molecule has 0 saturated carbocycles. The Morgan fingerprint density at radius 2 is 2.00 bits per heavy atom. The second kappa shape index (κ2) is 6.64.